The fourth-order valence-electron chi connectivity index (χ4n) is 2.48. The van der Waals surface area contributed by atoms with Crippen molar-refractivity contribution in [3.63, 3.8) is 0 Å². The van der Waals surface area contributed by atoms with Crippen molar-refractivity contribution in [2.24, 2.45) is 0 Å². The zero-order valence-electron chi connectivity index (χ0n) is 10.4. The minimum atomic E-state index is -0.563. The second-order valence-corrected chi connectivity index (χ2v) is 5.99. The zero-order valence-corrected chi connectivity index (χ0v) is 12.0. The zero-order chi connectivity index (χ0) is 13.0. The topological polar surface area (TPSA) is 32.3 Å². The molecule has 0 aromatic heterocycles. The molecule has 0 unspecified atom stereocenters. The van der Waals surface area contributed by atoms with Gasteiger partial charge in [-0.15, -0.1) is 0 Å². The molecule has 1 aromatic carbocycles. The Morgan fingerprint density at radius 3 is 2.67 bits per heavy atom. The van der Waals surface area contributed by atoms with Crippen molar-refractivity contribution in [1.82, 2.24) is 5.32 Å². The molecular formula is C14H19BrFNO. The van der Waals surface area contributed by atoms with Crippen molar-refractivity contribution in [3.05, 3.63) is 34.1 Å². The van der Waals surface area contributed by atoms with Crippen LogP contribution in [0.4, 0.5) is 4.39 Å². The third kappa shape index (κ3) is 3.77. The highest BCUT2D eigenvalue weighted by molar-refractivity contribution is 9.10. The van der Waals surface area contributed by atoms with E-state index in [-0.39, 0.29) is 5.82 Å². The fraction of sp³-hybridized carbons (Fsp3) is 0.571. The Labute approximate surface area is 116 Å². The van der Waals surface area contributed by atoms with Crippen molar-refractivity contribution in [3.8, 4) is 0 Å². The number of nitrogens with one attached hydrogen (secondary N) is 1. The van der Waals surface area contributed by atoms with Crippen LogP contribution >= 0.6 is 15.9 Å². The number of aliphatic hydroxyl groups is 1. The van der Waals surface area contributed by atoms with Gasteiger partial charge in [0.1, 0.15) is 5.82 Å². The Bertz CT molecular complexity index is 405. The van der Waals surface area contributed by atoms with E-state index >= 15 is 0 Å². The molecule has 0 saturated heterocycles. The van der Waals surface area contributed by atoms with E-state index in [0.29, 0.717) is 17.6 Å². The molecule has 0 heterocycles. The average molecular weight is 316 g/mol. The summed E-state index contributed by atoms with van der Waals surface area (Å²) in [5.74, 6) is -0.245. The minimum absolute atomic E-state index is 0.245. The Morgan fingerprint density at radius 1 is 1.28 bits per heavy atom. The summed E-state index contributed by atoms with van der Waals surface area (Å²) < 4.78 is 13.8. The first-order chi connectivity index (χ1) is 8.59. The lowest BCUT2D eigenvalue weighted by molar-refractivity contribution is 0.00467. The van der Waals surface area contributed by atoms with Gasteiger partial charge in [-0.2, -0.15) is 0 Å². The molecule has 2 nitrogen and oxygen atoms in total. The number of hydrogen-bond acceptors (Lipinski definition) is 2. The van der Waals surface area contributed by atoms with Crippen molar-refractivity contribution >= 4 is 15.9 Å². The van der Waals surface area contributed by atoms with Crippen LogP contribution in [0.25, 0.3) is 0 Å². The standard InChI is InChI=1S/C14H19BrFNO/c15-12-5-4-11(8-13(12)16)9-17-10-14(18)6-2-1-3-7-14/h4-5,8,17-18H,1-3,6-7,9-10H2. The SMILES string of the molecule is OC1(CNCc2ccc(Br)c(F)c2)CCCCC1. The lowest BCUT2D eigenvalue weighted by Gasteiger charge is -2.32. The molecule has 0 amide bonds. The summed E-state index contributed by atoms with van der Waals surface area (Å²) >= 11 is 3.13. The van der Waals surface area contributed by atoms with Gasteiger partial charge in [0.05, 0.1) is 10.1 Å². The van der Waals surface area contributed by atoms with Gasteiger partial charge in [0.15, 0.2) is 0 Å². The quantitative estimate of drug-likeness (QED) is 0.892. The second kappa shape index (κ2) is 6.13. The smallest absolute Gasteiger partial charge is 0.137 e. The number of benzene rings is 1. The van der Waals surface area contributed by atoms with Crippen molar-refractivity contribution in [1.29, 1.82) is 0 Å². The van der Waals surface area contributed by atoms with Gasteiger partial charge in [-0.05, 0) is 46.5 Å². The van der Waals surface area contributed by atoms with Crippen molar-refractivity contribution in [2.75, 3.05) is 6.54 Å². The van der Waals surface area contributed by atoms with Gasteiger partial charge >= 0.3 is 0 Å². The molecule has 2 N–H and O–H groups in total. The average Bonchev–Trinajstić information content (AvgIpc) is 2.34. The lowest BCUT2D eigenvalue weighted by Crippen LogP contribution is -2.41. The molecule has 0 aliphatic heterocycles. The van der Waals surface area contributed by atoms with Crippen LogP contribution in [-0.4, -0.2) is 17.3 Å². The molecule has 18 heavy (non-hydrogen) atoms. The minimum Gasteiger partial charge on any atom is -0.389 e. The van der Waals surface area contributed by atoms with E-state index in [9.17, 15) is 9.50 Å². The van der Waals surface area contributed by atoms with Gasteiger partial charge in [0, 0.05) is 13.1 Å². The fourth-order valence-corrected chi connectivity index (χ4v) is 2.72. The van der Waals surface area contributed by atoms with Gasteiger partial charge in [-0.1, -0.05) is 25.3 Å². The molecule has 1 aliphatic carbocycles. The molecule has 0 atom stereocenters. The summed E-state index contributed by atoms with van der Waals surface area (Å²) in [5.41, 5.74) is 0.335. The molecule has 0 radical (unpaired) electrons. The molecule has 1 aromatic rings. The summed E-state index contributed by atoms with van der Waals surface area (Å²) in [6.07, 6.45) is 5.17. The molecule has 1 fully saturated rings. The number of rotatable bonds is 4. The Balaban J connectivity index is 1.82. The summed E-state index contributed by atoms with van der Waals surface area (Å²) in [6, 6.07) is 5.11. The van der Waals surface area contributed by atoms with E-state index in [0.717, 1.165) is 31.2 Å². The Hall–Kier alpha value is -0.450. The predicted octanol–water partition coefficient (Wildman–Crippen LogP) is 3.37. The van der Waals surface area contributed by atoms with E-state index in [2.05, 4.69) is 21.2 Å². The van der Waals surface area contributed by atoms with Crippen LogP contribution in [0.15, 0.2) is 22.7 Å². The van der Waals surface area contributed by atoms with E-state index in [4.69, 9.17) is 0 Å². The van der Waals surface area contributed by atoms with E-state index in [1.165, 1.54) is 12.5 Å². The largest absolute Gasteiger partial charge is 0.389 e. The van der Waals surface area contributed by atoms with Crippen LogP contribution in [-0.2, 0) is 6.54 Å². The van der Waals surface area contributed by atoms with Crippen molar-refractivity contribution < 1.29 is 9.50 Å². The lowest BCUT2D eigenvalue weighted by atomic mass is 9.85. The molecule has 2 rings (SSSR count). The monoisotopic (exact) mass is 315 g/mol. The second-order valence-electron chi connectivity index (χ2n) is 5.14. The maximum absolute atomic E-state index is 13.3. The third-order valence-corrected chi connectivity index (χ3v) is 4.19. The first-order valence-electron chi connectivity index (χ1n) is 6.46. The van der Waals surface area contributed by atoms with Gasteiger partial charge in [0.25, 0.3) is 0 Å². The molecule has 100 valence electrons. The van der Waals surface area contributed by atoms with Crippen LogP contribution in [0.5, 0.6) is 0 Å². The first kappa shape index (κ1) is 14.0. The highest BCUT2D eigenvalue weighted by atomic mass is 79.9. The van der Waals surface area contributed by atoms with Gasteiger partial charge in [-0.3, -0.25) is 0 Å². The third-order valence-electron chi connectivity index (χ3n) is 3.55. The highest BCUT2D eigenvalue weighted by Gasteiger charge is 2.28. The van der Waals surface area contributed by atoms with E-state index in [1.807, 2.05) is 6.07 Å². The van der Waals surface area contributed by atoms with Crippen LogP contribution < -0.4 is 5.32 Å². The maximum Gasteiger partial charge on any atom is 0.137 e. The van der Waals surface area contributed by atoms with Crippen LogP contribution in [0, 0.1) is 5.82 Å². The van der Waals surface area contributed by atoms with Crippen LogP contribution in [0.2, 0.25) is 0 Å². The number of hydrogen-bond donors (Lipinski definition) is 2. The summed E-state index contributed by atoms with van der Waals surface area (Å²) in [6.45, 7) is 1.18. The molecule has 1 saturated carbocycles. The Morgan fingerprint density at radius 2 is 2.00 bits per heavy atom. The maximum atomic E-state index is 13.3. The van der Waals surface area contributed by atoms with E-state index < -0.39 is 5.60 Å². The van der Waals surface area contributed by atoms with E-state index in [1.54, 1.807) is 6.07 Å². The molecule has 1 aliphatic rings. The Kier molecular flexibility index (Phi) is 4.76. The van der Waals surface area contributed by atoms with Gasteiger partial charge < -0.3 is 10.4 Å². The molecular weight excluding hydrogens is 297 g/mol. The molecule has 0 bridgehead atoms. The normalized spacial score (nSPS) is 18.8. The van der Waals surface area contributed by atoms with Gasteiger partial charge in [-0.25, -0.2) is 4.39 Å². The predicted molar refractivity (Wildman–Crippen MR) is 73.8 cm³/mol. The van der Waals surface area contributed by atoms with Crippen LogP contribution in [0.1, 0.15) is 37.7 Å². The summed E-state index contributed by atoms with van der Waals surface area (Å²) in [7, 11) is 0. The van der Waals surface area contributed by atoms with Crippen LogP contribution in [0.3, 0.4) is 0 Å². The summed E-state index contributed by atoms with van der Waals surface area (Å²) in [4.78, 5) is 0. The highest BCUT2D eigenvalue weighted by Crippen LogP contribution is 2.27. The number of halogens is 2. The van der Waals surface area contributed by atoms with Crippen molar-refractivity contribution in [2.45, 2.75) is 44.2 Å². The molecule has 0 spiro atoms. The first-order valence-corrected chi connectivity index (χ1v) is 7.25. The van der Waals surface area contributed by atoms with Gasteiger partial charge in [0.2, 0.25) is 0 Å². The molecule has 4 heteroatoms. The summed E-state index contributed by atoms with van der Waals surface area (Å²) in [5, 5.41) is 13.5.